The molecule has 0 bridgehead atoms. The normalized spacial score (nSPS) is 8.00. The van der Waals surface area contributed by atoms with E-state index in [2.05, 4.69) is 0 Å². The number of halogens is 2. The molecule has 52 valence electrons. The molecule has 0 aromatic heterocycles. The maximum absolute atomic E-state index is 8.57. The summed E-state index contributed by atoms with van der Waals surface area (Å²) in [5, 5.41) is 0. The first-order valence-corrected chi connectivity index (χ1v) is 6.21. The van der Waals surface area contributed by atoms with Crippen LogP contribution in [0.5, 0.6) is 0 Å². The Labute approximate surface area is 119 Å². The van der Waals surface area contributed by atoms with Gasteiger partial charge in [-0.1, -0.05) is 0 Å². The Morgan fingerprint density at radius 3 is 0.667 bits per heavy atom. The predicted molar refractivity (Wildman–Crippen MR) is 1.11 cm³/mol. The van der Waals surface area contributed by atoms with Gasteiger partial charge in [-0.25, -0.2) is 0 Å². The van der Waals surface area contributed by atoms with Gasteiger partial charge in [0, 0.05) is 0 Å². The van der Waals surface area contributed by atoms with Gasteiger partial charge < -0.3 is 20.6 Å². The third-order valence-electron chi connectivity index (χ3n) is 0. The van der Waals surface area contributed by atoms with Crippen LogP contribution >= 0.6 is 0 Å². The van der Waals surface area contributed by atoms with E-state index in [1.807, 2.05) is 0 Å². The van der Waals surface area contributed by atoms with Gasteiger partial charge in [-0.15, -0.1) is 0 Å². The molecule has 0 fully saturated rings. The molecule has 9 heteroatoms. The van der Waals surface area contributed by atoms with Crippen molar-refractivity contribution in [1.82, 2.24) is 0 Å². The first-order chi connectivity index (χ1) is 3.46. The smallest absolute Gasteiger partial charge is 0.427 e. The van der Waals surface area contributed by atoms with E-state index in [-0.39, 0.29) is 59.6 Å². The molecule has 0 heterocycles. The average molecular weight is 436 g/mol. The van der Waals surface area contributed by atoms with Gasteiger partial charge in [0.2, 0.25) is 0 Å². The summed E-state index contributed by atoms with van der Waals surface area (Å²) in [6, 6.07) is 0. The van der Waals surface area contributed by atoms with Gasteiger partial charge in [0.25, 0.3) is 42.1 Å². The molecule has 0 rings (SSSR count). The molecule has 0 aromatic rings. The summed E-state index contributed by atoms with van der Waals surface area (Å²) in [5.74, 6) is 0. The summed E-state index contributed by atoms with van der Waals surface area (Å²) in [7, 11) is 0. The summed E-state index contributed by atoms with van der Waals surface area (Å²) < 4.78 is 51.4. The fraction of sp³-hybridized carbons (Fsp3) is 0. The molecule has 0 aromatic carbocycles. The van der Waals surface area contributed by atoms with E-state index in [1.165, 1.54) is 0 Å². The zero-order chi connectivity index (χ0) is 7.15. The minimum atomic E-state index is -4.01. The largest absolute Gasteiger partial charge is 1.00 e. The monoisotopic (exact) mass is 436 g/mol. The van der Waals surface area contributed by atoms with Crippen molar-refractivity contribution >= 4 is 0 Å². The van der Waals surface area contributed by atoms with E-state index < -0.39 is 42.1 Å². The maximum Gasteiger partial charge on any atom is 1.00 e. The number of hydrogen-bond acceptors (Lipinski definition) is 6. The van der Waals surface area contributed by atoms with Gasteiger partial charge in [-0.3, -0.25) is 0 Å². The summed E-state index contributed by atoms with van der Waals surface area (Å²) in [5.41, 5.74) is 0. The molecular formula is HI2O6Rb. The molecule has 0 atom stereocenters. The van der Waals surface area contributed by atoms with Crippen LogP contribution in [-0.2, 0) is 0 Å². The molecule has 0 saturated carbocycles. The topological polar surface area (TPSA) is 138 Å². The second-order valence-electron chi connectivity index (χ2n) is 0.378. The van der Waals surface area contributed by atoms with Crippen molar-refractivity contribution in [2.45, 2.75) is 0 Å². The van der Waals surface area contributed by atoms with Gasteiger partial charge in [0.15, 0.2) is 0 Å². The minimum absolute atomic E-state index is 0. The zero-order valence-corrected chi connectivity index (χ0v) is 13.4. The second kappa shape index (κ2) is 13.6. The van der Waals surface area contributed by atoms with Crippen molar-refractivity contribution in [3.05, 3.63) is 0 Å². The quantitative estimate of drug-likeness (QED) is 0.346. The van der Waals surface area contributed by atoms with Gasteiger partial charge >= 0.3 is 59.6 Å². The van der Waals surface area contributed by atoms with Crippen LogP contribution in [0.2, 0.25) is 0 Å². The van der Waals surface area contributed by atoms with Crippen molar-refractivity contribution in [1.29, 1.82) is 0 Å². The van der Waals surface area contributed by atoms with Crippen LogP contribution in [0, 0.1) is 0 Å². The van der Waals surface area contributed by atoms with Crippen LogP contribution in [0.3, 0.4) is 0 Å². The molecule has 0 amide bonds. The van der Waals surface area contributed by atoms with Crippen molar-refractivity contribution < 1.29 is 122 Å². The maximum atomic E-state index is 8.57. The van der Waals surface area contributed by atoms with E-state index in [1.54, 1.807) is 0 Å². The summed E-state index contributed by atoms with van der Waals surface area (Å²) in [4.78, 5) is 0. The Balaban J connectivity index is -0.0000000300. The van der Waals surface area contributed by atoms with E-state index in [4.69, 9.17) is 20.6 Å². The van der Waals surface area contributed by atoms with E-state index >= 15 is 0 Å². The predicted octanol–water partition coefficient (Wildman–Crippen LogP) is -16.0. The van der Waals surface area contributed by atoms with E-state index in [9.17, 15) is 0 Å². The Kier molecular flexibility index (Phi) is 27.1. The second-order valence-corrected chi connectivity index (χ2v) is 2.54. The summed E-state index contributed by atoms with van der Waals surface area (Å²) in [6.07, 6.45) is 0. The molecule has 0 N–H and O–H groups in total. The molecule has 0 aliphatic rings. The van der Waals surface area contributed by atoms with Crippen LogP contribution in [-0.4, -0.2) is 0 Å². The Morgan fingerprint density at radius 2 is 0.667 bits per heavy atom. The Morgan fingerprint density at radius 1 is 0.667 bits per heavy atom. The van der Waals surface area contributed by atoms with Crippen LogP contribution in [0.15, 0.2) is 0 Å². The van der Waals surface area contributed by atoms with Crippen molar-refractivity contribution in [3.8, 4) is 0 Å². The molecule has 0 aliphatic carbocycles. The first kappa shape index (κ1) is 17.9. The van der Waals surface area contributed by atoms with E-state index in [0.717, 1.165) is 0 Å². The van der Waals surface area contributed by atoms with Crippen LogP contribution in [0.25, 0.3) is 0 Å². The molecule has 0 unspecified atom stereocenters. The molecule has 0 radical (unpaired) electrons. The first-order valence-electron chi connectivity index (χ1n) is 0.926. The van der Waals surface area contributed by atoms with Crippen LogP contribution in [0.1, 0.15) is 1.43 Å². The number of hydrogen-bond donors (Lipinski definition) is 0. The van der Waals surface area contributed by atoms with Crippen LogP contribution in [0.4, 0.5) is 0 Å². The van der Waals surface area contributed by atoms with E-state index in [0.29, 0.717) is 0 Å². The Bertz CT molecular complexity index is 31.2. The minimum Gasteiger partial charge on any atom is -0.427 e. The van der Waals surface area contributed by atoms with Crippen molar-refractivity contribution in [2.75, 3.05) is 0 Å². The van der Waals surface area contributed by atoms with Crippen LogP contribution < -0.4 is 121 Å². The number of rotatable bonds is 0. The third-order valence-corrected chi connectivity index (χ3v) is 0. The van der Waals surface area contributed by atoms with Crippen molar-refractivity contribution in [2.24, 2.45) is 0 Å². The average Bonchev–Trinajstić information content (AvgIpc) is 1.25. The fourth-order valence-electron chi connectivity index (χ4n) is 0. The third kappa shape index (κ3) is 98.1. The zero-order valence-electron chi connectivity index (χ0n) is 5.21. The summed E-state index contributed by atoms with van der Waals surface area (Å²) >= 11 is -8.03. The Hall–Kier alpha value is 3.03. The summed E-state index contributed by atoms with van der Waals surface area (Å²) in [6.45, 7) is 0. The molecule has 0 spiro atoms. The SMILES string of the molecule is [H+].[O-][I+2]([O-])[O-].[O-][I+2]([O-])[O-].[Rb+]. The standard InChI is InChI=1S/2IO3.Rb/c2*2-1(3)4;/q2*-1;+1/p+1. The van der Waals surface area contributed by atoms with Crippen molar-refractivity contribution in [3.63, 3.8) is 0 Å². The van der Waals surface area contributed by atoms with Gasteiger partial charge in [0.05, 0.1) is 0 Å². The molecule has 0 saturated heterocycles. The molecule has 0 aliphatic heterocycles. The molecule has 6 nitrogen and oxygen atoms in total. The molecular weight excluding hydrogens is 435 g/mol. The van der Waals surface area contributed by atoms with Gasteiger partial charge in [-0.2, -0.15) is 0 Å². The fourth-order valence-corrected chi connectivity index (χ4v) is 0. The van der Waals surface area contributed by atoms with Gasteiger partial charge in [-0.05, 0) is 0 Å². The molecule has 9 heavy (non-hydrogen) atoms. The van der Waals surface area contributed by atoms with Gasteiger partial charge in [0.1, 0.15) is 0 Å².